The molecule has 0 aromatic rings. The summed E-state index contributed by atoms with van der Waals surface area (Å²) in [7, 11) is 1.82. The summed E-state index contributed by atoms with van der Waals surface area (Å²) in [4.78, 5) is 13.7. The van der Waals surface area contributed by atoms with Crippen LogP contribution in [0.5, 0.6) is 0 Å². The third kappa shape index (κ3) is 5.83. The number of ether oxygens (including phenoxy) is 1. The zero-order valence-corrected chi connectivity index (χ0v) is 13.1. The summed E-state index contributed by atoms with van der Waals surface area (Å²) >= 11 is 0. The van der Waals surface area contributed by atoms with E-state index in [0.717, 1.165) is 32.1 Å². The number of carbonyl (C=O) groups excluding carboxylic acids is 1. The molecule has 1 aliphatic carbocycles. The minimum absolute atomic E-state index is 0.0588. The van der Waals surface area contributed by atoms with E-state index in [9.17, 15) is 4.79 Å². The molecule has 1 fully saturated rings. The fraction of sp³-hybridized carbons (Fsp3) is 0.812. The van der Waals surface area contributed by atoms with E-state index in [2.05, 4.69) is 11.8 Å². The highest BCUT2D eigenvalue weighted by Crippen LogP contribution is 2.29. The average molecular weight is 281 g/mol. The molecule has 0 unspecified atom stereocenters. The predicted octanol–water partition coefficient (Wildman–Crippen LogP) is 2.80. The van der Waals surface area contributed by atoms with Gasteiger partial charge in [-0.15, -0.1) is 5.92 Å². The summed E-state index contributed by atoms with van der Waals surface area (Å²) in [5, 5.41) is 8.63. The van der Waals surface area contributed by atoms with Gasteiger partial charge in [0.25, 0.3) is 0 Å². The molecule has 1 rings (SSSR count). The van der Waals surface area contributed by atoms with E-state index in [1.807, 2.05) is 27.8 Å². The molecule has 114 valence electrons. The number of amides is 1. The van der Waals surface area contributed by atoms with Crippen LogP contribution in [0.4, 0.5) is 4.79 Å². The molecule has 0 bridgehead atoms. The van der Waals surface area contributed by atoms with Crippen LogP contribution in [-0.2, 0) is 4.74 Å². The summed E-state index contributed by atoms with van der Waals surface area (Å²) in [6, 6.07) is 0.270. The zero-order chi connectivity index (χ0) is 15.2. The van der Waals surface area contributed by atoms with Gasteiger partial charge in [-0.3, -0.25) is 0 Å². The smallest absolute Gasteiger partial charge is 0.410 e. The molecule has 1 N–H and O–H groups in total. The lowest BCUT2D eigenvalue weighted by molar-refractivity contribution is 0.0173. The quantitative estimate of drug-likeness (QED) is 0.792. The SMILES string of the molecule is CN(C(=O)OC(C)(C)C)C1CCC(CC#CCO)CC1. The summed E-state index contributed by atoms with van der Waals surface area (Å²) in [5.41, 5.74) is -0.442. The number of rotatable bonds is 2. The van der Waals surface area contributed by atoms with Crippen LogP contribution in [-0.4, -0.2) is 41.4 Å². The summed E-state index contributed by atoms with van der Waals surface area (Å²) in [5.74, 6) is 6.29. The van der Waals surface area contributed by atoms with Gasteiger partial charge in [0.2, 0.25) is 0 Å². The molecule has 4 heteroatoms. The van der Waals surface area contributed by atoms with Crippen molar-refractivity contribution in [2.24, 2.45) is 5.92 Å². The van der Waals surface area contributed by atoms with Crippen LogP contribution in [0.3, 0.4) is 0 Å². The monoisotopic (exact) mass is 281 g/mol. The second kappa shape index (κ2) is 7.54. The largest absolute Gasteiger partial charge is 0.444 e. The maximum absolute atomic E-state index is 12.0. The lowest BCUT2D eigenvalue weighted by Crippen LogP contribution is -2.42. The van der Waals surface area contributed by atoms with Crippen LogP contribution < -0.4 is 0 Å². The van der Waals surface area contributed by atoms with Crippen LogP contribution in [0.15, 0.2) is 0 Å². The number of hydrogen-bond acceptors (Lipinski definition) is 3. The Morgan fingerprint density at radius 3 is 2.35 bits per heavy atom. The average Bonchev–Trinajstić information content (AvgIpc) is 2.37. The first-order chi connectivity index (χ1) is 9.33. The molecule has 4 nitrogen and oxygen atoms in total. The minimum Gasteiger partial charge on any atom is -0.444 e. The molecule has 0 aliphatic heterocycles. The molecule has 1 saturated carbocycles. The van der Waals surface area contributed by atoms with Crippen molar-refractivity contribution in [2.75, 3.05) is 13.7 Å². The number of aliphatic hydroxyl groups excluding tert-OH is 1. The van der Waals surface area contributed by atoms with Crippen molar-refractivity contribution in [1.82, 2.24) is 4.90 Å². The van der Waals surface area contributed by atoms with Crippen molar-refractivity contribution in [2.45, 2.75) is 64.5 Å². The zero-order valence-electron chi connectivity index (χ0n) is 13.1. The Morgan fingerprint density at radius 2 is 1.85 bits per heavy atom. The molecule has 20 heavy (non-hydrogen) atoms. The second-order valence-corrected chi connectivity index (χ2v) is 6.48. The van der Waals surface area contributed by atoms with Gasteiger partial charge >= 0.3 is 6.09 Å². The third-order valence-corrected chi connectivity index (χ3v) is 3.64. The van der Waals surface area contributed by atoms with Crippen LogP contribution in [0, 0.1) is 17.8 Å². The molecular formula is C16H27NO3. The number of hydrogen-bond donors (Lipinski definition) is 1. The van der Waals surface area contributed by atoms with Crippen molar-refractivity contribution >= 4 is 6.09 Å². The molecular weight excluding hydrogens is 254 g/mol. The van der Waals surface area contributed by atoms with Gasteiger partial charge < -0.3 is 14.7 Å². The molecule has 0 aromatic heterocycles. The van der Waals surface area contributed by atoms with E-state index in [0.29, 0.717) is 5.92 Å². The predicted molar refractivity (Wildman–Crippen MR) is 79.2 cm³/mol. The second-order valence-electron chi connectivity index (χ2n) is 6.48. The summed E-state index contributed by atoms with van der Waals surface area (Å²) in [6.07, 6.45) is 4.78. The maximum atomic E-state index is 12.0. The van der Waals surface area contributed by atoms with Gasteiger partial charge in [-0.25, -0.2) is 4.79 Å². The Balaban J connectivity index is 2.39. The highest BCUT2D eigenvalue weighted by atomic mass is 16.6. The van der Waals surface area contributed by atoms with Crippen LogP contribution in [0.25, 0.3) is 0 Å². The van der Waals surface area contributed by atoms with E-state index in [4.69, 9.17) is 9.84 Å². The van der Waals surface area contributed by atoms with E-state index in [1.54, 1.807) is 4.90 Å². The summed E-state index contributed by atoms with van der Waals surface area (Å²) in [6.45, 7) is 5.59. The maximum Gasteiger partial charge on any atom is 0.410 e. The number of carbonyl (C=O) groups is 1. The lowest BCUT2D eigenvalue weighted by Gasteiger charge is -2.35. The Hall–Kier alpha value is -1.21. The molecule has 0 aromatic carbocycles. The minimum atomic E-state index is -0.442. The molecule has 0 atom stereocenters. The molecule has 0 spiro atoms. The van der Waals surface area contributed by atoms with Gasteiger partial charge in [0.15, 0.2) is 0 Å². The van der Waals surface area contributed by atoms with Crippen molar-refractivity contribution in [1.29, 1.82) is 0 Å². The molecule has 0 heterocycles. The Bertz CT molecular complexity index is 367. The Morgan fingerprint density at radius 1 is 1.25 bits per heavy atom. The van der Waals surface area contributed by atoms with Crippen molar-refractivity contribution in [3.8, 4) is 11.8 Å². The van der Waals surface area contributed by atoms with Gasteiger partial charge in [0.05, 0.1) is 0 Å². The highest BCUT2D eigenvalue weighted by molar-refractivity contribution is 5.68. The van der Waals surface area contributed by atoms with Gasteiger partial charge in [0, 0.05) is 19.5 Å². The van der Waals surface area contributed by atoms with Crippen molar-refractivity contribution in [3.05, 3.63) is 0 Å². The van der Waals surface area contributed by atoms with Gasteiger partial charge in [-0.05, 0) is 52.4 Å². The Kier molecular flexibility index (Phi) is 6.35. The molecule has 0 saturated heterocycles. The third-order valence-electron chi connectivity index (χ3n) is 3.64. The number of nitrogens with zero attached hydrogens (tertiary/aromatic N) is 1. The fourth-order valence-electron chi connectivity index (χ4n) is 2.49. The fourth-order valence-corrected chi connectivity index (χ4v) is 2.49. The molecule has 0 radical (unpaired) electrons. The van der Waals surface area contributed by atoms with Crippen molar-refractivity contribution in [3.63, 3.8) is 0 Å². The van der Waals surface area contributed by atoms with Crippen LogP contribution >= 0.6 is 0 Å². The Labute approximate surface area is 122 Å². The first-order valence-corrected chi connectivity index (χ1v) is 7.36. The van der Waals surface area contributed by atoms with Gasteiger partial charge in [0.1, 0.15) is 12.2 Å². The summed E-state index contributed by atoms with van der Waals surface area (Å²) < 4.78 is 5.40. The lowest BCUT2D eigenvalue weighted by atomic mass is 9.84. The van der Waals surface area contributed by atoms with Crippen molar-refractivity contribution < 1.29 is 14.6 Å². The van der Waals surface area contributed by atoms with Crippen LogP contribution in [0.1, 0.15) is 52.9 Å². The van der Waals surface area contributed by atoms with E-state index >= 15 is 0 Å². The molecule has 1 aliphatic rings. The standard InChI is InChI=1S/C16H27NO3/c1-16(2,3)20-15(19)17(4)14-10-8-13(9-11-14)7-5-6-12-18/h13-14,18H,7-12H2,1-4H3. The topological polar surface area (TPSA) is 49.8 Å². The first kappa shape index (κ1) is 16.8. The van der Waals surface area contributed by atoms with E-state index < -0.39 is 5.60 Å². The van der Waals surface area contributed by atoms with Gasteiger partial charge in [-0.1, -0.05) is 5.92 Å². The normalized spacial score (nSPS) is 22.6. The molecule has 1 amide bonds. The van der Waals surface area contributed by atoms with Crippen LogP contribution in [0.2, 0.25) is 0 Å². The highest BCUT2D eigenvalue weighted by Gasteiger charge is 2.28. The van der Waals surface area contributed by atoms with E-state index in [-0.39, 0.29) is 18.7 Å². The first-order valence-electron chi connectivity index (χ1n) is 7.36. The van der Waals surface area contributed by atoms with Gasteiger partial charge in [-0.2, -0.15) is 0 Å². The van der Waals surface area contributed by atoms with E-state index in [1.165, 1.54) is 0 Å². The number of aliphatic hydroxyl groups is 1.